The number of hydrogen-bond acceptors (Lipinski definition) is 1. The van der Waals surface area contributed by atoms with Gasteiger partial charge in [-0.1, -0.05) is 161 Å². The second kappa shape index (κ2) is 13.3. The molecule has 4 unspecified atom stereocenters. The number of hydrogen-bond donors (Lipinski definition) is 0. The minimum atomic E-state index is 0.103. The predicted molar refractivity (Wildman–Crippen MR) is 243 cm³/mol. The topological polar surface area (TPSA) is 3.24 Å². The quantitative estimate of drug-likeness (QED) is 0.169. The fourth-order valence-electron chi connectivity index (χ4n) is 13.7. The van der Waals surface area contributed by atoms with Crippen molar-refractivity contribution in [2.75, 3.05) is 4.90 Å². The van der Waals surface area contributed by atoms with Gasteiger partial charge in [-0.2, -0.15) is 0 Å². The van der Waals surface area contributed by atoms with Crippen molar-refractivity contribution >= 4 is 27.8 Å². The number of fused-ring (bicyclic) bond motifs is 14. The van der Waals surface area contributed by atoms with E-state index in [1.807, 2.05) is 0 Å². The summed E-state index contributed by atoms with van der Waals surface area (Å²) in [4.78, 5) is 2.56. The van der Waals surface area contributed by atoms with Crippen LogP contribution in [0.25, 0.3) is 44.2 Å². The van der Waals surface area contributed by atoms with E-state index >= 15 is 0 Å². The first-order chi connectivity index (χ1) is 28.7. The summed E-state index contributed by atoms with van der Waals surface area (Å²) in [6.07, 6.45) is 14.7. The minimum Gasteiger partial charge on any atom is -0.310 e. The van der Waals surface area contributed by atoms with Crippen molar-refractivity contribution in [2.45, 2.75) is 88.4 Å². The van der Waals surface area contributed by atoms with Gasteiger partial charge in [-0.05, 0) is 153 Å². The van der Waals surface area contributed by atoms with E-state index in [1.54, 1.807) is 16.7 Å². The van der Waals surface area contributed by atoms with Gasteiger partial charge in [0.1, 0.15) is 0 Å². The van der Waals surface area contributed by atoms with Crippen LogP contribution in [0.5, 0.6) is 0 Å². The van der Waals surface area contributed by atoms with Gasteiger partial charge in [0, 0.05) is 27.9 Å². The lowest BCUT2D eigenvalue weighted by Gasteiger charge is -2.46. The third-order valence-corrected chi connectivity index (χ3v) is 16.0. The summed E-state index contributed by atoms with van der Waals surface area (Å²) in [5.74, 6) is 2.28. The average Bonchev–Trinajstić information content (AvgIpc) is 3.95. The molecular formula is C57H53N. The highest BCUT2D eigenvalue weighted by Crippen LogP contribution is 2.64. The SMILES string of the molecule is CCC1CCC2CCCC(C2)C12c1ccccc1-c1cc(N(c3ccc(-c4cccc5ccccc45)cc3)c3ccc4c(c3)-c3ccccc3C43CCCC3)ccc12. The van der Waals surface area contributed by atoms with Gasteiger partial charge in [-0.25, -0.2) is 0 Å². The molecule has 7 aromatic carbocycles. The van der Waals surface area contributed by atoms with Gasteiger partial charge < -0.3 is 4.90 Å². The summed E-state index contributed by atoms with van der Waals surface area (Å²) in [6, 6.07) is 58.9. The van der Waals surface area contributed by atoms with Crippen LogP contribution < -0.4 is 4.90 Å². The number of anilines is 3. The van der Waals surface area contributed by atoms with Crippen molar-refractivity contribution in [2.24, 2.45) is 17.8 Å². The van der Waals surface area contributed by atoms with E-state index < -0.39 is 0 Å². The van der Waals surface area contributed by atoms with Crippen LogP contribution in [0.4, 0.5) is 17.1 Å². The molecule has 286 valence electrons. The van der Waals surface area contributed by atoms with E-state index in [2.05, 4.69) is 163 Å². The summed E-state index contributed by atoms with van der Waals surface area (Å²) in [6.45, 7) is 2.47. The van der Waals surface area contributed by atoms with E-state index in [9.17, 15) is 0 Å². The molecule has 0 radical (unpaired) electrons. The van der Waals surface area contributed by atoms with Gasteiger partial charge in [0.15, 0.2) is 0 Å². The molecule has 0 aromatic heterocycles. The summed E-state index contributed by atoms with van der Waals surface area (Å²) in [5.41, 5.74) is 18.6. The molecule has 2 spiro atoms. The lowest BCUT2D eigenvalue weighted by molar-refractivity contribution is 0.171. The molecule has 0 amide bonds. The maximum atomic E-state index is 2.59. The van der Waals surface area contributed by atoms with Gasteiger partial charge in [-0.3, -0.25) is 0 Å². The monoisotopic (exact) mass is 751 g/mol. The summed E-state index contributed by atoms with van der Waals surface area (Å²) in [5, 5.41) is 2.58. The smallest absolute Gasteiger partial charge is 0.0468 e. The Morgan fingerprint density at radius 3 is 1.90 bits per heavy atom. The number of rotatable bonds is 5. The third kappa shape index (κ3) is 4.89. The van der Waals surface area contributed by atoms with Crippen LogP contribution in [0.15, 0.2) is 152 Å². The normalized spacial score (nSPS) is 23.4. The Balaban J connectivity index is 1.04. The summed E-state index contributed by atoms with van der Waals surface area (Å²) in [7, 11) is 0. The molecule has 3 fully saturated rings. The van der Waals surface area contributed by atoms with Crippen LogP contribution in [0.3, 0.4) is 0 Å². The Kier molecular flexibility index (Phi) is 7.95. The van der Waals surface area contributed by atoms with Crippen molar-refractivity contribution in [3.8, 4) is 33.4 Å². The van der Waals surface area contributed by atoms with Gasteiger partial charge in [0.25, 0.3) is 0 Å². The fourth-order valence-corrected chi connectivity index (χ4v) is 13.7. The highest BCUT2D eigenvalue weighted by molar-refractivity contribution is 5.97. The van der Waals surface area contributed by atoms with Crippen molar-refractivity contribution in [3.05, 3.63) is 174 Å². The first-order valence-corrected chi connectivity index (χ1v) is 22.5. The molecule has 4 atom stereocenters. The minimum absolute atomic E-state index is 0.103. The van der Waals surface area contributed by atoms with Crippen molar-refractivity contribution < 1.29 is 0 Å². The summed E-state index contributed by atoms with van der Waals surface area (Å²) >= 11 is 0. The lowest BCUT2D eigenvalue weighted by Crippen LogP contribution is -2.42. The number of nitrogens with zero attached hydrogens (tertiary/aromatic N) is 1. The largest absolute Gasteiger partial charge is 0.310 e. The molecule has 2 bridgehead atoms. The van der Waals surface area contributed by atoms with E-state index in [-0.39, 0.29) is 10.8 Å². The van der Waals surface area contributed by atoms with Gasteiger partial charge in [-0.15, -0.1) is 0 Å². The zero-order chi connectivity index (χ0) is 38.4. The molecule has 58 heavy (non-hydrogen) atoms. The molecule has 1 heteroatoms. The highest BCUT2D eigenvalue weighted by atomic mass is 15.1. The Bertz CT molecular complexity index is 2710. The molecule has 1 nitrogen and oxygen atoms in total. The van der Waals surface area contributed by atoms with Crippen LogP contribution >= 0.6 is 0 Å². The van der Waals surface area contributed by atoms with E-state index in [0.717, 1.165) is 5.92 Å². The van der Waals surface area contributed by atoms with Crippen LogP contribution in [-0.2, 0) is 10.8 Å². The zero-order valence-corrected chi connectivity index (χ0v) is 33.9. The molecule has 7 aromatic rings. The average molecular weight is 752 g/mol. The van der Waals surface area contributed by atoms with Crippen molar-refractivity contribution in [1.29, 1.82) is 0 Å². The van der Waals surface area contributed by atoms with E-state index in [0.29, 0.717) is 11.8 Å². The maximum absolute atomic E-state index is 2.59. The Morgan fingerprint density at radius 1 is 0.500 bits per heavy atom. The molecule has 0 N–H and O–H groups in total. The van der Waals surface area contributed by atoms with Crippen LogP contribution in [-0.4, -0.2) is 0 Å². The van der Waals surface area contributed by atoms with Crippen LogP contribution in [0.2, 0.25) is 0 Å². The summed E-state index contributed by atoms with van der Waals surface area (Å²) < 4.78 is 0. The molecule has 0 saturated heterocycles. The van der Waals surface area contributed by atoms with E-state index in [4.69, 9.17) is 0 Å². The molecule has 5 aliphatic rings. The molecule has 3 saturated carbocycles. The number of benzene rings is 7. The van der Waals surface area contributed by atoms with Gasteiger partial charge in [0.2, 0.25) is 0 Å². The standard InChI is InChI=1S/C57H53N/c1-2-41-26-23-38-13-11-16-42(35-38)57(41)54-22-8-6-19-49(54)51-37-45(30-32-55(51)57)58(43-27-24-40(25-28-43)47-20-12-15-39-14-3-4-17-46(39)47)44-29-31-53-50(36-44)48-18-5-7-21-52(48)56(53)33-9-10-34-56/h3-8,12,14-15,17-22,24-25,27-32,36-38,41-42H,2,9-11,13,16,23,26,33-35H2,1H3. The van der Waals surface area contributed by atoms with Crippen molar-refractivity contribution in [1.82, 2.24) is 0 Å². The molecule has 0 heterocycles. The first kappa shape index (κ1) is 34.6. The lowest BCUT2D eigenvalue weighted by atomic mass is 9.57. The Hall–Kier alpha value is -5.40. The van der Waals surface area contributed by atoms with Crippen LogP contribution in [0.1, 0.15) is 99.8 Å². The maximum Gasteiger partial charge on any atom is 0.0468 e. The Morgan fingerprint density at radius 2 is 1.10 bits per heavy atom. The molecule has 0 aliphatic heterocycles. The van der Waals surface area contributed by atoms with E-state index in [1.165, 1.54) is 137 Å². The molecule has 12 rings (SSSR count). The predicted octanol–water partition coefficient (Wildman–Crippen LogP) is 15.7. The van der Waals surface area contributed by atoms with Crippen LogP contribution in [0, 0.1) is 17.8 Å². The second-order valence-corrected chi connectivity index (χ2v) is 18.5. The second-order valence-electron chi connectivity index (χ2n) is 18.5. The fraction of sp³-hybridized carbons (Fsp3) is 0.298. The van der Waals surface area contributed by atoms with Gasteiger partial charge in [0.05, 0.1) is 0 Å². The van der Waals surface area contributed by atoms with Crippen molar-refractivity contribution in [3.63, 3.8) is 0 Å². The van der Waals surface area contributed by atoms with Gasteiger partial charge >= 0.3 is 0 Å². The Labute approximate surface area is 344 Å². The molecular weight excluding hydrogens is 699 g/mol. The first-order valence-electron chi connectivity index (χ1n) is 22.5. The zero-order valence-electron chi connectivity index (χ0n) is 33.9. The third-order valence-electron chi connectivity index (χ3n) is 16.0. The highest BCUT2D eigenvalue weighted by Gasteiger charge is 2.55. The molecule has 5 aliphatic carbocycles.